The minimum absolute atomic E-state index is 0.0334. The van der Waals surface area contributed by atoms with Crippen LogP contribution in [-0.4, -0.2) is 23.0 Å². The van der Waals surface area contributed by atoms with Gasteiger partial charge in [0.2, 0.25) is 5.75 Å². The molecule has 0 bridgehead atoms. The molecule has 1 aromatic carbocycles. The Kier molecular flexibility index (Phi) is 3.00. The quantitative estimate of drug-likeness (QED) is 0.499. The number of nitrogens with zero attached hydrogens (tertiary/aromatic N) is 1. The Morgan fingerprint density at radius 2 is 2.00 bits per heavy atom. The fourth-order valence-electron chi connectivity index (χ4n) is 1.50. The van der Waals surface area contributed by atoms with Gasteiger partial charge in [0.1, 0.15) is 10.7 Å². The lowest BCUT2D eigenvalue weighted by atomic mass is 10.1. The Morgan fingerprint density at radius 3 is 2.47 bits per heavy atom. The minimum atomic E-state index is -4.65. The molecule has 0 atom stereocenters. The van der Waals surface area contributed by atoms with E-state index < -0.39 is 31.4 Å². The minimum Gasteiger partial charge on any atom is -0.502 e. The van der Waals surface area contributed by atoms with Gasteiger partial charge in [-0.3, -0.25) is 14.7 Å². The van der Waals surface area contributed by atoms with E-state index in [4.69, 9.17) is 8.97 Å². The SMILES string of the molecule is O=[N+]([O-])c1cc(S(=O)(=O)O)cc(-c2ccco2)c1O. The van der Waals surface area contributed by atoms with Crippen molar-refractivity contribution < 1.29 is 27.4 Å². The molecule has 0 aliphatic carbocycles. The molecule has 2 N–H and O–H groups in total. The molecule has 0 spiro atoms. The number of phenolic OH excluding ortho intramolecular Hbond substituents is 1. The summed E-state index contributed by atoms with van der Waals surface area (Å²) >= 11 is 0. The van der Waals surface area contributed by atoms with Crippen molar-refractivity contribution in [2.24, 2.45) is 0 Å². The zero-order chi connectivity index (χ0) is 14.2. The Hall–Kier alpha value is -2.39. The largest absolute Gasteiger partial charge is 0.502 e. The van der Waals surface area contributed by atoms with Crippen molar-refractivity contribution >= 4 is 15.8 Å². The lowest BCUT2D eigenvalue weighted by Gasteiger charge is -2.05. The summed E-state index contributed by atoms with van der Waals surface area (Å²) in [5, 5.41) is 20.5. The zero-order valence-electron chi connectivity index (χ0n) is 9.18. The van der Waals surface area contributed by atoms with Crippen LogP contribution in [0, 0.1) is 10.1 Å². The average Bonchev–Trinajstić information content (AvgIpc) is 2.80. The van der Waals surface area contributed by atoms with E-state index in [-0.39, 0.29) is 11.3 Å². The number of aromatic hydroxyl groups is 1. The predicted octanol–water partition coefficient (Wildman–Crippen LogP) is 1.81. The summed E-state index contributed by atoms with van der Waals surface area (Å²) in [5.41, 5.74) is -1.05. The summed E-state index contributed by atoms with van der Waals surface area (Å²) in [6.45, 7) is 0. The van der Waals surface area contributed by atoms with Gasteiger partial charge in [0.05, 0.1) is 16.7 Å². The van der Waals surface area contributed by atoms with E-state index in [1.165, 1.54) is 18.4 Å². The fourth-order valence-corrected chi connectivity index (χ4v) is 2.03. The number of nitro groups is 1. The maximum absolute atomic E-state index is 11.1. The third-order valence-electron chi connectivity index (χ3n) is 2.34. The molecular weight excluding hydrogens is 278 g/mol. The molecule has 0 saturated heterocycles. The number of benzene rings is 1. The van der Waals surface area contributed by atoms with Crippen LogP contribution in [0.4, 0.5) is 5.69 Å². The van der Waals surface area contributed by atoms with Crippen molar-refractivity contribution in [1.29, 1.82) is 0 Å². The van der Waals surface area contributed by atoms with Crippen LogP contribution in [0.25, 0.3) is 11.3 Å². The Morgan fingerprint density at radius 1 is 1.32 bits per heavy atom. The molecule has 2 rings (SSSR count). The monoisotopic (exact) mass is 285 g/mol. The van der Waals surface area contributed by atoms with Gasteiger partial charge >= 0.3 is 5.69 Å². The number of phenols is 1. The molecule has 0 saturated carbocycles. The molecule has 1 aromatic heterocycles. The molecule has 0 amide bonds. The van der Waals surface area contributed by atoms with Gasteiger partial charge in [-0.05, 0) is 18.2 Å². The number of nitro benzene ring substituents is 1. The van der Waals surface area contributed by atoms with Crippen molar-refractivity contribution in [1.82, 2.24) is 0 Å². The normalized spacial score (nSPS) is 11.4. The third-order valence-corrected chi connectivity index (χ3v) is 3.18. The molecule has 0 aliphatic heterocycles. The third kappa shape index (κ3) is 2.41. The van der Waals surface area contributed by atoms with Crippen LogP contribution in [0.5, 0.6) is 5.75 Å². The topological polar surface area (TPSA) is 131 Å². The fraction of sp³-hybridized carbons (Fsp3) is 0. The molecule has 19 heavy (non-hydrogen) atoms. The summed E-state index contributed by atoms with van der Waals surface area (Å²) in [6, 6.07) is 4.29. The van der Waals surface area contributed by atoms with Crippen molar-refractivity contribution in [2.45, 2.75) is 4.90 Å². The molecule has 2 aromatic rings. The van der Waals surface area contributed by atoms with Crippen LogP contribution in [0.2, 0.25) is 0 Å². The van der Waals surface area contributed by atoms with Crippen molar-refractivity contribution in [3.8, 4) is 17.1 Å². The summed E-state index contributed by atoms with van der Waals surface area (Å²) in [7, 11) is -4.65. The van der Waals surface area contributed by atoms with Gasteiger partial charge < -0.3 is 9.52 Å². The zero-order valence-corrected chi connectivity index (χ0v) is 9.99. The van der Waals surface area contributed by atoms with E-state index in [1.54, 1.807) is 0 Å². The van der Waals surface area contributed by atoms with E-state index in [0.29, 0.717) is 6.07 Å². The van der Waals surface area contributed by atoms with Crippen LogP contribution in [0.15, 0.2) is 39.8 Å². The standard InChI is InChI=1S/C10H7NO7S/c12-10-7(9-2-1-3-18-9)4-6(19(15,16)17)5-8(10)11(13)14/h1-5,12H,(H,15,16,17). The first-order valence-corrected chi connectivity index (χ1v) is 6.27. The van der Waals surface area contributed by atoms with E-state index in [2.05, 4.69) is 0 Å². The van der Waals surface area contributed by atoms with E-state index >= 15 is 0 Å². The summed E-state index contributed by atoms with van der Waals surface area (Å²) in [6.07, 6.45) is 1.25. The highest BCUT2D eigenvalue weighted by atomic mass is 32.2. The molecule has 0 aliphatic rings. The lowest BCUT2D eigenvalue weighted by Crippen LogP contribution is -2.00. The molecule has 8 nitrogen and oxygen atoms in total. The van der Waals surface area contributed by atoms with Gasteiger partial charge in [-0.25, -0.2) is 0 Å². The molecule has 9 heteroatoms. The number of rotatable bonds is 3. The van der Waals surface area contributed by atoms with Crippen LogP contribution < -0.4 is 0 Å². The van der Waals surface area contributed by atoms with Gasteiger partial charge in [0.25, 0.3) is 10.1 Å². The summed E-state index contributed by atoms with van der Waals surface area (Å²) in [4.78, 5) is 9.09. The molecular formula is C10H7NO7S. The van der Waals surface area contributed by atoms with Crippen molar-refractivity contribution in [3.63, 3.8) is 0 Å². The highest BCUT2D eigenvalue weighted by molar-refractivity contribution is 7.85. The second-order valence-electron chi connectivity index (χ2n) is 3.55. The first kappa shape index (κ1) is 13.1. The molecule has 1 heterocycles. The maximum atomic E-state index is 11.1. The van der Waals surface area contributed by atoms with E-state index in [1.807, 2.05) is 0 Å². The van der Waals surface area contributed by atoms with Crippen LogP contribution in [0.1, 0.15) is 0 Å². The first-order valence-electron chi connectivity index (χ1n) is 4.83. The molecule has 100 valence electrons. The van der Waals surface area contributed by atoms with Gasteiger partial charge in [0, 0.05) is 6.07 Å². The molecule has 0 radical (unpaired) electrons. The Labute approximate surface area is 106 Å². The lowest BCUT2D eigenvalue weighted by molar-refractivity contribution is -0.386. The van der Waals surface area contributed by atoms with Gasteiger partial charge in [0.15, 0.2) is 0 Å². The predicted molar refractivity (Wildman–Crippen MR) is 62.3 cm³/mol. The highest BCUT2D eigenvalue weighted by Gasteiger charge is 2.25. The van der Waals surface area contributed by atoms with E-state index in [9.17, 15) is 23.6 Å². The van der Waals surface area contributed by atoms with Crippen LogP contribution >= 0.6 is 0 Å². The average molecular weight is 285 g/mol. The number of hydrogen-bond acceptors (Lipinski definition) is 6. The van der Waals surface area contributed by atoms with Crippen molar-refractivity contribution in [2.75, 3.05) is 0 Å². The van der Waals surface area contributed by atoms with E-state index in [0.717, 1.165) is 6.07 Å². The Bertz CT molecular complexity index is 733. The summed E-state index contributed by atoms with van der Waals surface area (Å²) < 4.78 is 36.0. The molecule has 0 fully saturated rings. The summed E-state index contributed by atoms with van der Waals surface area (Å²) in [5.74, 6) is -0.710. The molecule has 0 unspecified atom stereocenters. The van der Waals surface area contributed by atoms with Gasteiger partial charge in [-0.2, -0.15) is 8.42 Å². The second kappa shape index (κ2) is 4.37. The smallest absolute Gasteiger partial charge is 0.312 e. The van der Waals surface area contributed by atoms with Crippen molar-refractivity contribution in [3.05, 3.63) is 40.6 Å². The van der Waals surface area contributed by atoms with Gasteiger partial charge in [-0.1, -0.05) is 0 Å². The Balaban J connectivity index is 2.80. The number of furan rings is 1. The maximum Gasteiger partial charge on any atom is 0.312 e. The number of hydrogen-bond donors (Lipinski definition) is 2. The first-order chi connectivity index (χ1) is 8.80. The second-order valence-corrected chi connectivity index (χ2v) is 4.97. The van der Waals surface area contributed by atoms with Crippen LogP contribution in [-0.2, 0) is 10.1 Å². The van der Waals surface area contributed by atoms with Gasteiger partial charge in [-0.15, -0.1) is 0 Å². The highest BCUT2D eigenvalue weighted by Crippen LogP contribution is 2.39. The van der Waals surface area contributed by atoms with Crippen LogP contribution in [0.3, 0.4) is 0 Å².